The molecule has 1 atom stereocenters. The lowest BCUT2D eigenvalue weighted by atomic mass is 9.81. The van der Waals surface area contributed by atoms with Gasteiger partial charge in [-0.25, -0.2) is 0 Å². The third-order valence-corrected chi connectivity index (χ3v) is 5.50. The lowest BCUT2D eigenvalue weighted by Gasteiger charge is -2.45. The lowest BCUT2D eigenvalue weighted by Crippen LogP contribution is -2.59. The smallest absolute Gasteiger partial charge is 0.0931 e. The van der Waals surface area contributed by atoms with Crippen molar-refractivity contribution in [2.45, 2.75) is 51.6 Å². The molecular formula is C15H27ClN2S. The molecule has 1 aromatic heterocycles. The standard InChI is InChI=1S/C15H27ClN2S/c1-6-15(7-2,18(4)5)13(17-8-3)11-12-9-10-14(16)19-12/h9-10,13,17H,6-8,11H2,1-5H3. The third-order valence-electron chi connectivity index (χ3n) is 4.25. The van der Waals surface area contributed by atoms with Crippen LogP contribution >= 0.6 is 22.9 Å². The molecule has 0 aliphatic carbocycles. The number of nitrogens with zero attached hydrogens (tertiary/aromatic N) is 1. The van der Waals surface area contributed by atoms with Gasteiger partial charge in [-0.05, 0) is 52.0 Å². The van der Waals surface area contributed by atoms with E-state index in [9.17, 15) is 0 Å². The Bertz CT molecular complexity index is 372. The SMILES string of the molecule is CCNC(Cc1ccc(Cl)s1)C(CC)(CC)N(C)C. The summed E-state index contributed by atoms with van der Waals surface area (Å²) in [5.74, 6) is 0. The van der Waals surface area contributed by atoms with Crippen LogP contribution in [0.5, 0.6) is 0 Å². The third kappa shape index (κ3) is 3.94. The number of nitrogens with one attached hydrogen (secondary N) is 1. The largest absolute Gasteiger partial charge is 0.312 e. The molecule has 0 amide bonds. The summed E-state index contributed by atoms with van der Waals surface area (Å²) < 4.78 is 0.883. The Hall–Kier alpha value is -0.0900. The minimum absolute atomic E-state index is 0.201. The fourth-order valence-electron chi connectivity index (χ4n) is 3.05. The van der Waals surface area contributed by atoms with Gasteiger partial charge in [0.2, 0.25) is 0 Å². The minimum atomic E-state index is 0.201. The van der Waals surface area contributed by atoms with E-state index in [-0.39, 0.29) is 5.54 Å². The lowest BCUT2D eigenvalue weighted by molar-refractivity contribution is 0.0893. The van der Waals surface area contributed by atoms with Gasteiger partial charge in [0.1, 0.15) is 0 Å². The fraction of sp³-hybridized carbons (Fsp3) is 0.733. The van der Waals surface area contributed by atoms with E-state index in [1.165, 1.54) is 4.88 Å². The predicted octanol–water partition coefficient (Wildman–Crippen LogP) is 4.04. The maximum atomic E-state index is 6.05. The number of halogens is 1. The highest BCUT2D eigenvalue weighted by Crippen LogP contribution is 2.30. The molecule has 0 saturated heterocycles. The van der Waals surface area contributed by atoms with Gasteiger partial charge < -0.3 is 10.2 Å². The molecule has 1 aromatic rings. The highest BCUT2D eigenvalue weighted by molar-refractivity contribution is 7.16. The molecule has 0 bridgehead atoms. The van der Waals surface area contributed by atoms with Gasteiger partial charge in [-0.3, -0.25) is 0 Å². The monoisotopic (exact) mass is 302 g/mol. The zero-order valence-electron chi connectivity index (χ0n) is 12.8. The summed E-state index contributed by atoms with van der Waals surface area (Å²) in [5, 5.41) is 3.69. The summed E-state index contributed by atoms with van der Waals surface area (Å²) in [6, 6.07) is 4.61. The molecule has 0 radical (unpaired) electrons. The topological polar surface area (TPSA) is 15.3 Å². The first kappa shape index (κ1) is 17.0. The number of hydrogen-bond acceptors (Lipinski definition) is 3. The van der Waals surface area contributed by atoms with E-state index in [4.69, 9.17) is 11.6 Å². The minimum Gasteiger partial charge on any atom is -0.312 e. The zero-order valence-corrected chi connectivity index (χ0v) is 14.4. The van der Waals surface area contributed by atoms with E-state index in [0.29, 0.717) is 6.04 Å². The molecular weight excluding hydrogens is 276 g/mol. The molecule has 0 saturated carbocycles. The summed E-state index contributed by atoms with van der Waals surface area (Å²) >= 11 is 7.75. The zero-order chi connectivity index (χ0) is 14.5. The molecule has 0 aromatic carbocycles. The Kier molecular flexibility index (Phi) is 6.81. The Morgan fingerprint density at radius 2 is 1.89 bits per heavy atom. The Morgan fingerprint density at radius 1 is 1.26 bits per heavy atom. The highest BCUT2D eigenvalue weighted by atomic mass is 35.5. The van der Waals surface area contributed by atoms with Crippen molar-refractivity contribution in [1.29, 1.82) is 0 Å². The van der Waals surface area contributed by atoms with Crippen LogP contribution in [0.25, 0.3) is 0 Å². The van der Waals surface area contributed by atoms with Gasteiger partial charge in [0.25, 0.3) is 0 Å². The van der Waals surface area contributed by atoms with Gasteiger partial charge in [0.05, 0.1) is 4.34 Å². The van der Waals surface area contributed by atoms with Gasteiger partial charge in [0, 0.05) is 16.5 Å². The second-order valence-corrected chi connectivity index (χ2v) is 7.02. The molecule has 4 heteroatoms. The van der Waals surface area contributed by atoms with Crippen LogP contribution in [0.15, 0.2) is 12.1 Å². The Balaban J connectivity index is 2.96. The van der Waals surface area contributed by atoms with Crippen LogP contribution in [0.2, 0.25) is 4.34 Å². The molecule has 19 heavy (non-hydrogen) atoms. The first-order valence-corrected chi connectivity index (χ1v) is 8.34. The Morgan fingerprint density at radius 3 is 2.26 bits per heavy atom. The maximum absolute atomic E-state index is 6.05. The van der Waals surface area contributed by atoms with Gasteiger partial charge in [0.15, 0.2) is 0 Å². The van der Waals surface area contributed by atoms with Crippen LogP contribution in [0.4, 0.5) is 0 Å². The van der Waals surface area contributed by atoms with Crippen LogP contribution in [-0.4, -0.2) is 37.1 Å². The molecule has 1 heterocycles. The molecule has 0 aliphatic heterocycles. The molecule has 0 fully saturated rings. The summed E-state index contributed by atoms with van der Waals surface area (Å²) in [6.45, 7) is 7.75. The maximum Gasteiger partial charge on any atom is 0.0931 e. The fourth-order valence-corrected chi connectivity index (χ4v) is 4.18. The summed E-state index contributed by atoms with van der Waals surface area (Å²) in [7, 11) is 4.39. The second kappa shape index (κ2) is 7.63. The van der Waals surface area contributed by atoms with Crippen LogP contribution in [-0.2, 0) is 6.42 Å². The first-order valence-electron chi connectivity index (χ1n) is 7.15. The van der Waals surface area contributed by atoms with Crippen LogP contribution in [0.1, 0.15) is 38.5 Å². The first-order chi connectivity index (χ1) is 9.00. The van der Waals surface area contributed by atoms with Gasteiger partial charge >= 0.3 is 0 Å². The van der Waals surface area contributed by atoms with Crippen molar-refractivity contribution < 1.29 is 0 Å². The Labute approximate surface area is 127 Å². The van der Waals surface area contributed by atoms with Crippen molar-refractivity contribution in [1.82, 2.24) is 10.2 Å². The van der Waals surface area contributed by atoms with E-state index < -0.39 is 0 Å². The molecule has 110 valence electrons. The van der Waals surface area contributed by atoms with Gasteiger partial charge in [-0.15, -0.1) is 11.3 Å². The summed E-state index contributed by atoms with van der Waals surface area (Å²) in [4.78, 5) is 3.75. The van der Waals surface area contributed by atoms with E-state index >= 15 is 0 Å². The number of thiophene rings is 1. The predicted molar refractivity (Wildman–Crippen MR) is 87.5 cm³/mol. The van der Waals surface area contributed by atoms with E-state index in [1.807, 2.05) is 6.07 Å². The van der Waals surface area contributed by atoms with Gasteiger partial charge in [-0.2, -0.15) is 0 Å². The van der Waals surface area contributed by atoms with Crippen molar-refractivity contribution >= 4 is 22.9 Å². The van der Waals surface area contributed by atoms with Crippen LogP contribution < -0.4 is 5.32 Å². The van der Waals surface area contributed by atoms with Crippen LogP contribution in [0, 0.1) is 0 Å². The molecule has 0 spiro atoms. The van der Waals surface area contributed by atoms with Crippen LogP contribution in [0.3, 0.4) is 0 Å². The number of rotatable bonds is 8. The van der Waals surface area contributed by atoms with Crippen molar-refractivity contribution in [3.8, 4) is 0 Å². The quantitative estimate of drug-likeness (QED) is 0.779. The molecule has 1 unspecified atom stereocenters. The average Bonchev–Trinajstić information content (AvgIpc) is 2.77. The van der Waals surface area contributed by atoms with E-state index in [0.717, 1.165) is 30.1 Å². The van der Waals surface area contributed by atoms with E-state index in [1.54, 1.807) is 11.3 Å². The number of hydrogen-bond donors (Lipinski definition) is 1. The van der Waals surface area contributed by atoms with Gasteiger partial charge in [-0.1, -0.05) is 32.4 Å². The van der Waals surface area contributed by atoms with Crippen molar-refractivity contribution in [2.24, 2.45) is 0 Å². The molecule has 1 rings (SSSR count). The molecule has 1 N–H and O–H groups in total. The van der Waals surface area contributed by atoms with Crippen molar-refractivity contribution in [3.63, 3.8) is 0 Å². The van der Waals surface area contributed by atoms with Crippen molar-refractivity contribution in [3.05, 3.63) is 21.3 Å². The second-order valence-electron chi connectivity index (χ2n) is 5.23. The van der Waals surface area contributed by atoms with Crippen molar-refractivity contribution in [2.75, 3.05) is 20.6 Å². The summed E-state index contributed by atoms with van der Waals surface area (Å²) in [5.41, 5.74) is 0.201. The highest BCUT2D eigenvalue weighted by Gasteiger charge is 2.37. The molecule has 2 nitrogen and oxygen atoms in total. The number of likely N-dealkylation sites (N-methyl/N-ethyl adjacent to an activating group) is 2. The van der Waals surface area contributed by atoms with E-state index in [2.05, 4.69) is 51.1 Å². The average molecular weight is 303 g/mol. The molecule has 0 aliphatic rings. The summed E-state index contributed by atoms with van der Waals surface area (Å²) in [6.07, 6.45) is 3.34. The normalized spacial score (nSPS) is 14.1.